The third kappa shape index (κ3) is 2.87. The first kappa shape index (κ1) is 12.4. The maximum Gasteiger partial charge on any atom is 0.120 e. The van der Waals surface area contributed by atoms with Gasteiger partial charge in [-0.3, -0.25) is 0 Å². The van der Waals surface area contributed by atoms with Crippen molar-refractivity contribution in [3.05, 3.63) is 53.1 Å². The van der Waals surface area contributed by atoms with E-state index in [2.05, 4.69) is 40.4 Å². The Morgan fingerprint density at radius 3 is 2.89 bits per heavy atom. The van der Waals surface area contributed by atoms with E-state index in [0.29, 0.717) is 6.04 Å². The molecule has 19 heavy (non-hydrogen) atoms. The number of hydrogen-bond acceptors (Lipinski definition) is 2. The molecule has 0 spiro atoms. The molecule has 100 valence electrons. The Kier molecular flexibility index (Phi) is 3.65. The van der Waals surface area contributed by atoms with E-state index >= 15 is 0 Å². The normalized spacial score (nSPS) is 16.1. The van der Waals surface area contributed by atoms with Gasteiger partial charge in [0.2, 0.25) is 0 Å². The van der Waals surface area contributed by atoms with Crippen molar-refractivity contribution in [1.82, 2.24) is 15.3 Å². The number of nitrogens with zero attached hydrogens (tertiary/aromatic N) is 1. The van der Waals surface area contributed by atoms with Crippen LogP contribution in [0.25, 0.3) is 0 Å². The molecule has 0 radical (unpaired) electrons. The molecule has 1 aromatic heterocycles. The SMILES string of the molecule is CC(NCc1ncc[nH]1)c1ccc2c(c1)CCCC2. The van der Waals surface area contributed by atoms with E-state index in [-0.39, 0.29) is 0 Å². The summed E-state index contributed by atoms with van der Waals surface area (Å²) in [6, 6.07) is 7.32. The number of nitrogens with one attached hydrogen (secondary N) is 2. The predicted octanol–water partition coefficient (Wildman–Crippen LogP) is 3.14. The van der Waals surface area contributed by atoms with Crippen LogP contribution >= 0.6 is 0 Å². The maximum atomic E-state index is 4.23. The Labute approximate surface area is 114 Å². The first-order valence-electron chi connectivity index (χ1n) is 7.16. The number of imidazole rings is 1. The maximum absolute atomic E-state index is 4.23. The van der Waals surface area contributed by atoms with E-state index < -0.39 is 0 Å². The second-order valence-corrected chi connectivity index (χ2v) is 5.37. The molecule has 0 amide bonds. The van der Waals surface area contributed by atoms with Crippen molar-refractivity contribution in [2.75, 3.05) is 0 Å². The number of rotatable bonds is 4. The van der Waals surface area contributed by atoms with Gasteiger partial charge >= 0.3 is 0 Å². The van der Waals surface area contributed by atoms with Gasteiger partial charge in [-0.2, -0.15) is 0 Å². The predicted molar refractivity (Wildman–Crippen MR) is 76.9 cm³/mol. The summed E-state index contributed by atoms with van der Waals surface area (Å²) in [4.78, 5) is 7.35. The summed E-state index contributed by atoms with van der Waals surface area (Å²) in [5, 5.41) is 3.51. The van der Waals surface area contributed by atoms with E-state index in [4.69, 9.17) is 0 Å². The summed E-state index contributed by atoms with van der Waals surface area (Å²) in [7, 11) is 0. The van der Waals surface area contributed by atoms with Gasteiger partial charge in [0.1, 0.15) is 5.82 Å². The molecule has 2 N–H and O–H groups in total. The lowest BCUT2D eigenvalue weighted by molar-refractivity contribution is 0.560. The Bertz CT molecular complexity index is 531. The molecular weight excluding hydrogens is 234 g/mol. The Morgan fingerprint density at radius 1 is 1.26 bits per heavy atom. The molecule has 1 heterocycles. The second kappa shape index (κ2) is 5.57. The quantitative estimate of drug-likeness (QED) is 0.881. The van der Waals surface area contributed by atoms with E-state index in [9.17, 15) is 0 Å². The molecule has 0 aliphatic heterocycles. The molecule has 3 rings (SSSR count). The van der Waals surface area contributed by atoms with Crippen molar-refractivity contribution in [1.29, 1.82) is 0 Å². The first-order chi connectivity index (χ1) is 9.33. The van der Waals surface area contributed by atoms with E-state index in [1.54, 1.807) is 17.3 Å². The van der Waals surface area contributed by atoms with Gasteiger partial charge in [0, 0.05) is 18.4 Å². The fourth-order valence-electron chi connectivity index (χ4n) is 2.78. The van der Waals surface area contributed by atoms with Crippen molar-refractivity contribution >= 4 is 0 Å². The lowest BCUT2D eigenvalue weighted by atomic mass is 9.89. The van der Waals surface area contributed by atoms with Crippen LogP contribution in [-0.4, -0.2) is 9.97 Å². The van der Waals surface area contributed by atoms with E-state index in [1.165, 1.54) is 31.2 Å². The first-order valence-corrected chi connectivity index (χ1v) is 7.16. The number of benzene rings is 1. The van der Waals surface area contributed by atoms with Crippen LogP contribution in [0.2, 0.25) is 0 Å². The minimum atomic E-state index is 0.359. The van der Waals surface area contributed by atoms with Gasteiger partial charge in [0.05, 0.1) is 6.54 Å². The van der Waals surface area contributed by atoms with Gasteiger partial charge in [0.15, 0.2) is 0 Å². The van der Waals surface area contributed by atoms with Crippen LogP contribution < -0.4 is 5.32 Å². The minimum absolute atomic E-state index is 0.359. The summed E-state index contributed by atoms with van der Waals surface area (Å²) < 4.78 is 0. The van der Waals surface area contributed by atoms with Crippen molar-refractivity contribution in [3.8, 4) is 0 Å². The standard InChI is InChI=1S/C16H21N3/c1-12(19-11-16-17-8-9-18-16)14-7-6-13-4-2-3-5-15(13)10-14/h6-10,12,19H,2-5,11H2,1H3,(H,17,18). The molecule has 3 heteroatoms. The van der Waals surface area contributed by atoms with Crippen molar-refractivity contribution in [2.24, 2.45) is 0 Å². The van der Waals surface area contributed by atoms with Crippen LogP contribution in [0.3, 0.4) is 0 Å². The van der Waals surface area contributed by atoms with Crippen LogP contribution in [0, 0.1) is 0 Å². The molecule has 1 unspecified atom stereocenters. The van der Waals surface area contributed by atoms with Crippen LogP contribution in [0.15, 0.2) is 30.6 Å². The highest BCUT2D eigenvalue weighted by Crippen LogP contribution is 2.24. The third-order valence-electron chi connectivity index (χ3n) is 4.00. The van der Waals surface area contributed by atoms with Crippen LogP contribution in [0.5, 0.6) is 0 Å². The summed E-state index contributed by atoms with van der Waals surface area (Å²) in [5.74, 6) is 0.991. The molecule has 0 saturated heterocycles. The summed E-state index contributed by atoms with van der Waals surface area (Å²) >= 11 is 0. The van der Waals surface area contributed by atoms with Crippen molar-refractivity contribution in [2.45, 2.75) is 45.2 Å². The van der Waals surface area contributed by atoms with E-state index in [1.807, 2.05) is 6.20 Å². The second-order valence-electron chi connectivity index (χ2n) is 5.37. The van der Waals surface area contributed by atoms with Crippen LogP contribution in [0.1, 0.15) is 48.3 Å². The molecule has 0 bridgehead atoms. The lowest BCUT2D eigenvalue weighted by Gasteiger charge is -2.19. The summed E-state index contributed by atoms with van der Waals surface area (Å²) in [6.45, 7) is 3.00. The zero-order chi connectivity index (χ0) is 13.1. The smallest absolute Gasteiger partial charge is 0.120 e. The topological polar surface area (TPSA) is 40.7 Å². The summed E-state index contributed by atoms with van der Waals surface area (Å²) in [6.07, 6.45) is 8.84. The molecule has 0 saturated carbocycles. The molecule has 3 nitrogen and oxygen atoms in total. The number of aryl methyl sites for hydroxylation is 2. The van der Waals surface area contributed by atoms with Gasteiger partial charge in [-0.05, 0) is 49.3 Å². The molecule has 1 aliphatic carbocycles. The number of aromatic amines is 1. The Hall–Kier alpha value is -1.61. The molecule has 1 atom stereocenters. The third-order valence-corrected chi connectivity index (χ3v) is 4.00. The van der Waals surface area contributed by atoms with Crippen LogP contribution in [-0.2, 0) is 19.4 Å². The molecule has 0 fully saturated rings. The number of aromatic nitrogens is 2. The highest BCUT2D eigenvalue weighted by molar-refractivity contribution is 5.35. The molecule has 1 aliphatic rings. The fourth-order valence-corrected chi connectivity index (χ4v) is 2.78. The fraction of sp³-hybridized carbons (Fsp3) is 0.438. The lowest BCUT2D eigenvalue weighted by Crippen LogP contribution is -2.19. The molecule has 2 aromatic rings. The average molecular weight is 255 g/mol. The average Bonchev–Trinajstić information content (AvgIpc) is 2.97. The van der Waals surface area contributed by atoms with Crippen LogP contribution in [0.4, 0.5) is 0 Å². The number of hydrogen-bond donors (Lipinski definition) is 2. The molecular formula is C16H21N3. The highest BCUT2D eigenvalue weighted by atomic mass is 15.0. The number of H-pyrrole nitrogens is 1. The molecule has 1 aromatic carbocycles. The van der Waals surface area contributed by atoms with Gasteiger partial charge in [-0.1, -0.05) is 18.2 Å². The van der Waals surface area contributed by atoms with Gasteiger partial charge < -0.3 is 10.3 Å². The highest BCUT2D eigenvalue weighted by Gasteiger charge is 2.12. The largest absolute Gasteiger partial charge is 0.348 e. The van der Waals surface area contributed by atoms with E-state index in [0.717, 1.165) is 12.4 Å². The minimum Gasteiger partial charge on any atom is -0.348 e. The number of fused-ring (bicyclic) bond motifs is 1. The monoisotopic (exact) mass is 255 g/mol. The zero-order valence-corrected chi connectivity index (χ0v) is 11.4. The summed E-state index contributed by atoms with van der Waals surface area (Å²) in [5.41, 5.74) is 4.48. The van der Waals surface area contributed by atoms with Gasteiger partial charge in [-0.25, -0.2) is 4.98 Å². The Morgan fingerprint density at radius 2 is 2.11 bits per heavy atom. The van der Waals surface area contributed by atoms with Gasteiger partial charge in [-0.15, -0.1) is 0 Å². The van der Waals surface area contributed by atoms with Crippen molar-refractivity contribution < 1.29 is 0 Å². The van der Waals surface area contributed by atoms with Gasteiger partial charge in [0.25, 0.3) is 0 Å². The Balaban J connectivity index is 1.67. The zero-order valence-electron chi connectivity index (χ0n) is 11.4. The van der Waals surface area contributed by atoms with Crippen molar-refractivity contribution in [3.63, 3.8) is 0 Å².